The summed E-state index contributed by atoms with van der Waals surface area (Å²) in [5.41, 5.74) is 2.27. The van der Waals surface area contributed by atoms with Crippen LogP contribution in [0.2, 0.25) is 0 Å². The molecule has 0 radical (unpaired) electrons. The first-order valence-corrected chi connectivity index (χ1v) is 11.6. The lowest BCUT2D eigenvalue weighted by molar-refractivity contribution is -0.132. The molecule has 1 heterocycles. The number of hydrogen-bond acceptors (Lipinski definition) is 4. The maximum Gasteiger partial charge on any atom is 0.317 e. The zero-order valence-corrected chi connectivity index (χ0v) is 19.9. The van der Waals surface area contributed by atoms with Crippen LogP contribution in [0, 0.1) is 0 Å². The third kappa shape index (κ3) is 7.70. The van der Waals surface area contributed by atoms with E-state index in [2.05, 4.69) is 5.32 Å². The van der Waals surface area contributed by atoms with Crippen molar-refractivity contribution in [3.05, 3.63) is 59.7 Å². The zero-order chi connectivity index (χ0) is 23.6. The largest absolute Gasteiger partial charge is 0.497 e. The Morgan fingerprint density at radius 2 is 1.39 bits per heavy atom. The number of carbonyl (C=O) groups is 2. The summed E-state index contributed by atoms with van der Waals surface area (Å²) in [5, 5.41) is 2.99. The fourth-order valence-electron chi connectivity index (χ4n) is 3.79. The SMILES string of the molecule is COc1ccc(CCC(=O)N2CCN(C(=O)NCCc3ccc(OC(C)C)cc3)CC2)cc1. The molecular weight excluding hydrogens is 418 g/mol. The number of methoxy groups -OCH3 is 1. The molecule has 178 valence electrons. The molecule has 1 N–H and O–H groups in total. The van der Waals surface area contributed by atoms with E-state index in [-0.39, 0.29) is 18.0 Å². The van der Waals surface area contributed by atoms with Crippen LogP contribution in [0.5, 0.6) is 11.5 Å². The Labute approximate surface area is 196 Å². The van der Waals surface area contributed by atoms with Crippen molar-refractivity contribution in [1.82, 2.24) is 15.1 Å². The second-order valence-corrected chi connectivity index (χ2v) is 8.51. The van der Waals surface area contributed by atoms with Gasteiger partial charge < -0.3 is 24.6 Å². The average Bonchev–Trinajstić information content (AvgIpc) is 2.83. The number of benzene rings is 2. The predicted molar refractivity (Wildman–Crippen MR) is 129 cm³/mol. The van der Waals surface area contributed by atoms with Gasteiger partial charge in [0, 0.05) is 39.1 Å². The molecule has 2 aromatic carbocycles. The van der Waals surface area contributed by atoms with Crippen molar-refractivity contribution < 1.29 is 19.1 Å². The van der Waals surface area contributed by atoms with Gasteiger partial charge in [-0.15, -0.1) is 0 Å². The number of nitrogens with zero attached hydrogens (tertiary/aromatic N) is 2. The standard InChI is InChI=1S/C26H35N3O4/c1-20(2)33-24-11-6-22(7-12-24)14-15-27-26(31)29-18-16-28(17-19-29)25(30)13-8-21-4-9-23(32-3)10-5-21/h4-7,9-12,20H,8,13-19H2,1-3H3,(H,27,31). The maximum atomic E-state index is 12.6. The predicted octanol–water partition coefficient (Wildman–Crippen LogP) is 3.51. The van der Waals surface area contributed by atoms with E-state index in [1.807, 2.05) is 67.3 Å². The van der Waals surface area contributed by atoms with Crippen molar-refractivity contribution in [3.8, 4) is 11.5 Å². The van der Waals surface area contributed by atoms with Crippen LogP contribution in [0.4, 0.5) is 4.79 Å². The molecule has 1 saturated heterocycles. The van der Waals surface area contributed by atoms with Gasteiger partial charge in [-0.1, -0.05) is 24.3 Å². The Morgan fingerprint density at radius 1 is 0.848 bits per heavy atom. The summed E-state index contributed by atoms with van der Waals surface area (Å²) >= 11 is 0. The highest BCUT2D eigenvalue weighted by Gasteiger charge is 2.23. The van der Waals surface area contributed by atoms with Crippen LogP contribution in [0.25, 0.3) is 0 Å². The Kier molecular flexibility index (Phi) is 8.98. The molecule has 0 bridgehead atoms. The summed E-state index contributed by atoms with van der Waals surface area (Å²) in [6, 6.07) is 15.7. The molecule has 3 amide bonds. The Bertz CT molecular complexity index is 889. The van der Waals surface area contributed by atoms with E-state index in [0.29, 0.717) is 45.6 Å². The van der Waals surface area contributed by atoms with Crippen LogP contribution in [0.1, 0.15) is 31.4 Å². The zero-order valence-electron chi connectivity index (χ0n) is 19.9. The van der Waals surface area contributed by atoms with E-state index in [1.165, 1.54) is 0 Å². The highest BCUT2D eigenvalue weighted by molar-refractivity contribution is 5.78. The molecule has 7 heteroatoms. The molecule has 0 aliphatic carbocycles. The summed E-state index contributed by atoms with van der Waals surface area (Å²) in [5.74, 6) is 1.80. The van der Waals surface area contributed by atoms with Gasteiger partial charge in [0.15, 0.2) is 0 Å². The molecule has 7 nitrogen and oxygen atoms in total. The number of urea groups is 1. The van der Waals surface area contributed by atoms with E-state index < -0.39 is 0 Å². The monoisotopic (exact) mass is 453 g/mol. The van der Waals surface area contributed by atoms with Gasteiger partial charge in [-0.2, -0.15) is 0 Å². The fourth-order valence-corrected chi connectivity index (χ4v) is 3.79. The van der Waals surface area contributed by atoms with Crippen molar-refractivity contribution in [2.75, 3.05) is 39.8 Å². The van der Waals surface area contributed by atoms with Crippen LogP contribution >= 0.6 is 0 Å². The first-order valence-electron chi connectivity index (χ1n) is 11.6. The molecule has 33 heavy (non-hydrogen) atoms. The molecule has 2 aromatic rings. The van der Waals surface area contributed by atoms with E-state index in [9.17, 15) is 9.59 Å². The fraction of sp³-hybridized carbons (Fsp3) is 0.462. The highest BCUT2D eigenvalue weighted by atomic mass is 16.5. The highest BCUT2D eigenvalue weighted by Crippen LogP contribution is 2.15. The van der Waals surface area contributed by atoms with E-state index in [1.54, 1.807) is 12.0 Å². The molecule has 1 aliphatic heterocycles. The number of nitrogens with one attached hydrogen (secondary N) is 1. The number of carbonyl (C=O) groups excluding carboxylic acids is 2. The second kappa shape index (κ2) is 12.1. The molecule has 0 unspecified atom stereocenters. The topological polar surface area (TPSA) is 71.1 Å². The van der Waals surface area contributed by atoms with Crippen LogP contribution in [0.15, 0.2) is 48.5 Å². The third-order valence-corrected chi connectivity index (χ3v) is 5.69. The van der Waals surface area contributed by atoms with Crippen LogP contribution in [-0.4, -0.2) is 67.7 Å². The summed E-state index contributed by atoms with van der Waals surface area (Å²) in [6.07, 6.45) is 2.09. The molecule has 3 rings (SSSR count). The lowest BCUT2D eigenvalue weighted by atomic mass is 10.1. The Hall–Kier alpha value is -3.22. The van der Waals surface area contributed by atoms with Crippen molar-refractivity contribution in [2.24, 2.45) is 0 Å². The van der Waals surface area contributed by atoms with E-state index >= 15 is 0 Å². The van der Waals surface area contributed by atoms with Crippen molar-refractivity contribution in [2.45, 2.75) is 39.2 Å². The number of amides is 3. The van der Waals surface area contributed by atoms with Gasteiger partial charge in [0.05, 0.1) is 13.2 Å². The van der Waals surface area contributed by atoms with Crippen molar-refractivity contribution in [3.63, 3.8) is 0 Å². The van der Waals surface area contributed by atoms with Gasteiger partial charge in [-0.25, -0.2) is 4.79 Å². The van der Waals surface area contributed by atoms with Gasteiger partial charge >= 0.3 is 6.03 Å². The molecule has 0 aromatic heterocycles. The molecule has 1 fully saturated rings. The third-order valence-electron chi connectivity index (χ3n) is 5.69. The van der Waals surface area contributed by atoms with Gasteiger partial charge in [0.1, 0.15) is 11.5 Å². The number of piperazine rings is 1. The smallest absolute Gasteiger partial charge is 0.317 e. The molecule has 0 atom stereocenters. The van der Waals surface area contributed by atoms with Gasteiger partial charge in [-0.05, 0) is 62.1 Å². The number of ether oxygens (including phenoxy) is 2. The quantitative estimate of drug-likeness (QED) is 0.631. The average molecular weight is 454 g/mol. The number of aryl methyl sites for hydroxylation is 1. The summed E-state index contributed by atoms with van der Waals surface area (Å²) in [7, 11) is 1.64. The summed E-state index contributed by atoms with van der Waals surface area (Å²) in [4.78, 5) is 28.7. The molecular formula is C26H35N3O4. The Balaban J connectivity index is 1.33. The van der Waals surface area contributed by atoms with Gasteiger partial charge in [0.2, 0.25) is 5.91 Å². The summed E-state index contributed by atoms with van der Waals surface area (Å²) < 4.78 is 10.8. The molecule has 1 aliphatic rings. The molecule has 0 saturated carbocycles. The van der Waals surface area contributed by atoms with Crippen molar-refractivity contribution in [1.29, 1.82) is 0 Å². The Morgan fingerprint density at radius 3 is 1.97 bits per heavy atom. The maximum absolute atomic E-state index is 12.6. The minimum Gasteiger partial charge on any atom is -0.497 e. The minimum atomic E-state index is -0.0694. The van der Waals surface area contributed by atoms with Gasteiger partial charge in [0.25, 0.3) is 0 Å². The molecule has 0 spiro atoms. The van der Waals surface area contributed by atoms with Crippen molar-refractivity contribution >= 4 is 11.9 Å². The number of rotatable bonds is 9. The van der Waals surface area contributed by atoms with E-state index in [4.69, 9.17) is 9.47 Å². The summed E-state index contributed by atoms with van der Waals surface area (Å²) in [6.45, 7) is 6.84. The van der Waals surface area contributed by atoms with Gasteiger partial charge in [-0.3, -0.25) is 4.79 Å². The first-order chi connectivity index (χ1) is 15.9. The first kappa shape index (κ1) is 24.4. The minimum absolute atomic E-state index is 0.0694. The lowest BCUT2D eigenvalue weighted by Crippen LogP contribution is -2.53. The van der Waals surface area contributed by atoms with Crippen LogP contribution in [0.3, 0.4) is 0 Å². The van der Waals surface area contributed by atoms with Crippen LogP contribution in [-0.2, 0) is 17.6 Å². The second-order valence-electron chi connectivity index (χ2n) is 8.51. The van der Waals surface area contributed by atoms with Crippen LogP contribution < -0.4 is 14.8 Å². The number of hydrogen-bond donors (Lipinski definition) is 1. The van der Waals surface area contributed by atoms with E-state index in [0.717, 1.165) is 29.0 Å². The normalized spacial score (nSPS) is 13.7. The lowest BCUT2D eigenvalue weighted by Gasteiger charge is -2.34.